The van der Waals surface area contributed by atoms with Gasteiger partial charge >= 0.3 is 6.18 Å². The molecule has 1 aliphatic rings. The normalized spacial score (nSPS) is 15.6. The van der Waals surface area contributed by atoms with Crippen molar-refractivity contribution in [1.82, 2.24) is 0 Å². The number of alkyl halides is 3. The summed E-state index contributed by atoms with van der Waals surface area (Å²) in [5.41, 5.74) is 1.05. The lowest BCUT2D eigenvalue weighted by Gasteiger charge is -2.19. The largest absolute Gasteiger partial charge is 0.507 e. The third-order valence-corrected chi connectivity index (χ3v) is 5.72. The van der Waals surface area contributed by atoms with Gasteiger partial charge in [-0.15, -0.1) is 0 Å². The van der Waals surface area contributed by atoms with Gasteiger partial charge < -0.3 is 14.6 Å². The molecule has 4 nitrogen and oxygen atoms in total. The van der Waals surface area contributed by atoms with Crippen molar-refractivity contribution >= 4 is 35.1 Å². The third kappa shape index (κ3) is 6.24. The van der Waals surface area contributed by atoms with Crippen molar-refractivity contribution in [3.05, 3.63) is 74.5 Å². The molecule has 0 atom stereocenters. The SMILES string of the molecule is CCOc1cc(/C=C2\CCCC(C(=O)C(F)(F)F)=C2O)ccc1OCc1ccc(Cl)c(Cl)c1. The fraction of sp³-hybridized carbons (Fsp3) is 0.292. The lowest BCUT2D eigenvalue weighted by molar-refractivity contribution is -0.167. The van der Waals surface area contributed by atoms with Crippen LogP contribution in [0.2, 0.25) is 10.0 Å². The molecule has 2 aromatic carbocycles. The molecule has 0 fully saturated rings. The Morgan fingerprint density at radius 3 is 2.48 bits per heavy atom. The highest BCUT2D eigenvalue weighted by Crippen LogP contribution is 2.36. The lowest BCUT2D eigenvalue weighted by atomic mass is 9.89. The van der Waals surface area contributed by atoms with Gasteiger partial charge in [-0.2, -0.15) is 13.2 Å². The van der Waals surface area contributed by atoms with E-state index in [4.69, 9.17) is 32.7 Å². The van der Waals surface area contributed by atoms with Crippen molar-refractivity contribution in [3.8, 4) is 11.5 Å². The Bertz CT molecular complexity index is 1110. The van der Waals surface area contributed by atoms with Crippen molar-refractivity contribution in [2.75, 3.05) is 6.61 Å². The van der Waals surface area contributed by atoms with E-state index in [1.807, 2.05) is 0 Å². The van der Waals surface area contributed by atoms with Gasteiger partial charge in [0.05, 0.1) is 16.7 Å². The predicted octanol–water partition coefficient (Wildman–Crippen LogP) is 7.48. The van der Waals surface area contributed by atoms with Crippen molar-refractivity contribution in [2.45, 2.75) is 39.0 Å². The van der Waals surface area contributed by atoms with Crippen LogP contribution in [-0.2, 0) is 11.4 Å². The number of rotatable bonds is 7. The third-order valence-electron chi connectivity index (χ3n) is 4.98. The molecule has 3 rings (SSSR count). The number of carbonyl (C=O) groups is 1. The number of ketones is 1. The summed E-state index contributed by atoms with van der Waals surface area (Å²) < 4.78 is 50.0. The van der Waals surface area contributed by atoms with E-state index >= 15 is 0 Å². The van der Waals surface area contributed by atoms with Crippen molar-refractivity contribution in [1.29, 1.82) is 0 Å². The molecule has 33 heavy (non-hydrogen) atoms. The summed E-state index contributed by atoms with van der Waals surface area (Å²) in [5, 5.41) is 11.2. The number of ether oxygens (including phenoxy) is 2. The molecule has 9 heteroatoms. The topological polar surface area (TPSA) is 55.8 Å². The number of carbonyl (C=O) groups excluding carboxylic acids is 1. The number of allylic oxidation sites excluding steroid dienone is 2. The Kier molecular flexibility index (Phi) is 7.97. The Hall–Kier alpha value is -2.64. The van der Waals surface area contributed by atoms with Gasteiger partial charge in [0.2, 0.25) is 0 Å². The van der Waals surface area contributed by atoms with E-state index in [9.17, 15) is 23.1 Å². The molecule has 0 bridgehead atoms. The van der Waals surface area contributed by atoms with E-state index in [-0.39, 0.29) is 18.6 Å². The van der Waals surface area contributed by atoms with Crippen molar-refractivity contribution in [2.24, 2.45) is 0 Å². The minimum absolute atomic E-state index is 0.118. The zero-order valence-corrected chi connectivity index (χ0v) is 19.2. The van der Waals surface area contributed by atoms with Gasteiger partial charge in [0.1, 0.15) is 12.4 Å². The van der Waals surface area contributed by atoms with E-state index in [0.717, 1.165) is 5.56 Å². The molecule has 0 heterocycles. The molecule has 0 radical (unpaired) electrons. The van der Waals surface area contributed by atoms with E-state index in [1.165, 1.54) is 0 Å². The molecule has 0 unspecified atom stereocenters. The van der Waals surface area contributed by atoms with Crippen LogP contribution >= 0.6 is 23.2 Å². The first-order valence-electron chi connectivity index (χ1n) is 10.2. The molecule has 0 saturated carbocycles. The lowest BCUT2D eigenvalue weighted by Crippen LogP contribution is -2.27. The molecule has 0 spiro atoms. The van der Waals surface area contributed by atoms with Crippen LogP contribution < -0.4 is 9.47 Å². The van der Waals surface area contributed by atoms with Crippen molar-refractivity contribution < 1.29 is 32.5 Å². The second-order valence-electron chi connectivity index (χ2n) is 7.35. The molecule has 1 aliphatic carbocycles. The number of Topliss-reactive ketones (excluding diaryl/α,β-unsaturated/α-hetero) is 1. The summed E-state index contributed by atoms with van der Waals surface area (Å²) in [6, 6.07) is 10.2. The van der Waals surface area contributed by atoms with Crippen LogP contribution in [0, 0.1) is 0 Å². The average Bonchev–Trinajstić information content (AvgIpc) is 2.76. The van der Waals surface area contributed by atoms with Gasteiger partial charge in [-0.3, -0.25) is 4.79 Å². The van der Waals surface area contributed by atoms with Crippen LogP contribution in [0.5, 0.6) is 11.5 Å². The first-order valence-corrected chi connectivity index (χ1v) is 10.9. The Morgan fingerprint density at radius 2 is 1.82 bits per heavy atom. The number of benzene rings is 2. The quantitative estimate of drug-likeness (QED) is 0.427. The van der Waals surface area contributed by atoms with E-state index < -0.39 is 23.3 Å². The van der Waals surface area contributed by atoms with Crippen LogP contribution in [0.15, 0.2) is 53.3 Å². The minimum atomic E-state index is -5.03. The number of hydrogen-bond donors (Lipinski definition) is 1. The highest BCUT2D eigenvalue weighted by Gasteiger charge is 2.42. The zero-order valence-electron chi connectivity index (χ0n) is 17.6. The smallest absolute Gasteiger partial charge is 0.454 e. The first-order chi connectivity index (χ1) is 15.6. The van der Waals surface area contributed by atoms with Gasteiger partial charge in [0, 0.05) is 5.57 Å². The summed E-state index contributed by atoms with van der Waals surface area (Å²) in [6.45, 7) is 2.38. The monoisotopic (exact) mass is 500 g/mol. The minimum Gasteiger partial charge on any atom is -0.507 e. The molecule has 1 N–H and O–H groups in total. The molecular formula is C24H21Cl2F3O4. The molecular weight excluding hydrogens is 480 g/mol. The fourth-order valence-corrected chi connectivity index (χ4v) is 3.73. The molecule has 0 aromatic heterocycles. The maximum Gasteiger partial charge on any atom is 0.454 e. The summed E-state index contributed by atoms with van der Waals surface area (Å²) in [7, 11) is 0. The maximum atomic E-state index is 12.8. The summed E-state index contributed by atoms with van der Waals surface area (Å²) >= 11 is 12.0. The van der Waals surface area contributed by atoms with E-state index in [1.54, 1.807) is 49.4 Å². The van der Waals surface area contributed by atoms with Crippen LogP contribution in [0.25, 0.3) is 6.08 Å². The average molecular weight is 501 g/mol. The summed E-state index contributed by atoms with van der Waals surface area (Å²) in [5.74, 6) is -1.73. The molecule has 176 valence electrons. The second kappa shape index (κ2) is 10.5. The van der Waals surface area contributed by atoms with Crippen LogP contribution in [0.3, 0.4) is 0 Å². The number of aliphatic hydroxyl groups excluding tert-OH is 1. The number of aliphatic hydroxyl groups is 1. The molecule has 0 saturated heterocycles. The molecule has 0 amide bonds. The maximum absolute atomic E-state index is 12.8. The second-order valence-corrected chi connectivity index (χ2v) is 8.17. The Balaban J connectivity index is 1.85. The highest BCUT2D eigenvalue weighted by atomic mass is 35.5. The zero-order chi connectivity index (χ0) is 24.2. The van der Waals surface area contributed by atoms with Crippen LogP contribution in [-0.4, -0.2) is 23.7 Å². The van der Waals surface area contributed by atoms with Gasteiger partial charge in [0.25, 0.3) is 5.78 Å². The number of halogens is 5. The predicted molar refractivity (Wildman–Crippen MR) is 121 cm³/mol. The van der Waals surface area contributed by atoms with Crippen molar-refractivity contribution in [3.63, 3.8) is 0 Å². The first kappa shape index (κ1) is 25.0. The molecule has 0 aliphatic heterocycles. The fourth-order valence-electron chi connectivity index (χ4n) is 3.41. The van der Waals surface area contributed by atoms with Gasteiger partial charge in [-0.05, 0) is 73.2 Å². The van der Waals surface area contributed by atoms with Gasteiger partial charge in [0.15, 0.2) is 11.5 Å². The summed E-state index contributed by atoms with van der Waals surface area (Å²) in [4.78, 5) is 11.6. The van der Waals surface area contributed by atoms with E-state index in [0.29, 0.717) is 46.6 Å². The van der Waals surface area contributed by atoms with Gasteiger partial charge in [-0.25, -0.2) is 0 Å². The Morgan fingerprint density at radius 1 is 1.06 bits per heavy atom. The van der Waals surface area contributed by atoms with Crippen LogP contribution in [0.4, 0.5) is 13.2 Å². The summed E-state index contributed by atoms with van der Waals surface area (Å²) in [6.07, 6.45) is -2.92. The van der Waals surface area contributed by atoms with E-state index in [2.05, 4.69) is 0 Å². The molecule has 2 aromatic rings. The number of hydrogen-bond acceptors (Lipinski definition) is 4. The highest BCUT2D eigenvalue weighted by molar-refractivity contribution is 6.42. The van der Waals surface area contributed by atoms with Crippen LogP contribution in [0.1, 0.15) is 37.3 Å². The standard InChI is InChI=1S/C24H21Cl2F3O4/c1-2-32-21-12-14(7-9-20(21)33-13-15-6-8-18(25)19(26)11-15)10-16-4-3-5-17(22(16)30)23(31)24(27,28)29/h6-12,30H,2-5,13H2,1H3/b16-10+. The Labute approximate surface area is 199 Å². The van der Waals surface area contributed by atoms with Gasteiger partial charge in [-0.1, -0.05) is 35.3 Å².